The fourth-order valence-electron chi connectivity index (χ4n) is 3.25. The molecule has 0 saturated heterocycles. The summed E-state index contributed by atoms with van der Waals surface area (Å²) in [7, 11) is 0. The van der Waals surface area contributed by atoms with Crippen molar-refractivity contribution >= 4 is 17.5 Å². The standard InChI is InChI=1S/C22H26N2O2/c1-3-18-11-7-8-16(2)19(18)24-21(26)22(13-14-22)20(25)23-15-12-17-9-5-4-6-10-17/h4-11H,3,12-15H2,1-2H3,(H,23,25)(H,24,26). The van der Waals surface area contributed by atoms with Crippen LogP contribution in [0.1, 0.15) is 36.5 Å². The number of hydrogen-bond donors (Lipinski definition) is 2. The summed E-state index contributed by atoms with van der Waals surface area (Å²) < 4.78 is 0. The van der Waals surface area contributed by atoms with Crippen LogP contribution >= 0.6 is 0 Å². The van der Waals surface area contributed by atoms with Crippen molar-refractivity contribution < 1.29 is 9.59 Å². The fourth-order valence-corrected chi connectivity index (χ4v) is 3.25. The molecule has 0 heterocycles. The van der Waals surface area contributed by atoms with Gasteiger partial charge in [0.1, 0.15) is 5.41 Å². The number of nitrogens with one attached hydrogen (secondary N) is 2. The Kier molecular flexibility index (Phi) is 5.40. The molecular weight excluding hydrogens is 324 g/mol. The van der Waals surface area contributed by atoms with E-state index in [4.69, 9.17) is 0 Å². The molecule has 0 radical (unpaired) electrons. The lowest BCUT2D eigenvalue weighted by atomic mass is 10.0. The molecule has 0 atom stereocenters. The molecule has 3 rings (SSSR count). The predicted molar refractivity (Wildman–Crippen MR) is 104 cm³/mol. The van der Waals surface area contributed by atoms with Gasteiger partial charge in [-0.2, -0.15) is 0 Å². The van der Waals surface area contributed by atoms with Gasteiger partial charge in [-0.15, -0.1) is 0 Å². The molecule has 1 fully saturated rings. The molecule has 0 aliphatic heterocycles. The maximum Gasteiger partial charge on any atom is 0.240 e. The number of benzene rings is 2. The molecule has 0 aromatic heterocycles. The summed E-state index contributed by atoms with van der Waals surface area (Å²) >= 11 is 0. The average Bonchev–Trinajstić information content (AvgIpc) is 3.46. The minimum Gasteiger partial charge on any atom is -0.355 e. The zero-order valence-corrected chi connectivity index (χ0v) is 15.5. The summed E-state index contributed by atoms with van der Waals surface area (Å²) in [6.07, 6.45) is 2.84. The van der Waals surface area contributed by atoms with E-state index in [0.717, 1.165) is 29.7 Å². The van der Waals surface area contributed by atoms with E-state index in [1.807, 2.05) is 55.5 Å². The first-order valence-corrected chi connectivity index (χ1v) is 9.29. The Balaban J connectivity index is 1.61. The molecule has 2 N–H and O–H groups in total. The van der Waals surface area contributed by atoms with Crippen LogP contribution in [-0.2, 0) is 22.4 Å². The van der Waals surface area contributed by atoms with E-state index in [-0.39, 0.29) is 11.8 Å². The van der Waals surface area contributed by atoms with Crippen molar-refractivity contribution in [2.45, 2.75) is 39.5 Å². The number of aryl methyl sites for hydroxylation is 2. The van der Waals surface area contributed by atoms with E-state index in [2.05, 4.69) is 17.6 Å². The summed E-state index contributed by atoms with van der Waals surface area (Å²) in [6.45, 7) is 4.59. The number of anilines is 1. The minimum absolute atomic E-state index is 0.155. The van der Waals surface area contributed by atoms with Crippen LogP contribution in [0.25, 0.3) is 0 Å². The molecule has 0 bridgehead atoms. The van der Waals surface area contributed by atoms with Crippen LogP contribution in [0.5, 0.6) is 0 Å². The summed E-state index contributed by atoms with van der Waals surface area (Å²) in [5, 5.41) is 5.97. The van der Waals surface area contributed by atoms with Crippen LogP contribution in [0.4, 0.5) is 5.69 Å². The number of hydrogen-bond acceptors (Lipinski definition) is 2. The molecule has 2 amide bonds. The molecule has 4 nitrogen and oxygen atoms in total. The van der Waals surface area contributed by atoms with Gasteiger partial charge in [-0.1, -0.05) is 55.5 Å². The fraction of sp³-hybridized carbons (Fsp3) is 0.364. The van der Waals surface area contributed by atoms with Crippen molar-refractivity contribution in [2.75, 3.05) is 11.9 Å². The third kappa shape index (κ3) is 3.79. The van der Waals surface area contributed by atoms with Crippen molar-refractivity contribution in [1.29, 1.82) is 0 Å². The first-order valence-electron chi connectivity index (χ1n) is 9.29. The zero-order chi connectivity index (χ0) is 18.6. The van der Waals surface area contributed by atoms with Crippen LogP contribution in [0.15, 0.2) is 48.5 Å². The lowest BCUT2D eigenvalue weighted by Gasteiger charge is -2.18. The molecule has 0 unspecified atom stereocenters. The van der Waals surface area contributed by atoms with Crippen molar-refractivity contribution in [1.82, 2.24) is 5.32 Å². The average molecular weight is 350 g/mol. The molecule has 1 aliphatic carbocycles. The van der Waals surface area contributed by atoms with Crippen molar-refractivity contribution in [3.63, 3.8) is 0 Å². The highest BCUT2D eigenvalue weighted by atomic mass is 16.2. The summed E-state index contributed by atoms with van der Waals surface area (Å²) in [4.78, 5) is 25.4. The van der Waals surface area contributed by atoms with Gasteiger partial charge in [-0.3, -0.25) is 9.59 Å². The Labute approximate surface area is 155 Å². The van der Waals surface area contributed by atoms with Crippen LogP contribution in [0.3, 0.4) is 0 Å². The Bertz CT molecular complexity index is 795. The predicted octanol–water partition coefficient (Wildman–Crippen LogP) is 3.64. The highest BCUT2D eigenvalue weighted by molar-refractivity contribution is 6.13. The van der Waals surface area contributed by atoms with Gasteiger partial charge in [0.25, 0.3) is 0 Å². The number of carbonyl (C=O) groups excluding carboxylic acids is 2. The molecule has 26 heavy (non-hydrogen) atoms. The topological polar surface area (TPSA) is 58.2 Å². The lowest BCUT2D eigenvalue weighted by molar-refractivity contribution is -0.134. The van der Waals surface area contributed by atoms with E-state index in [1.165, 1.54) is 5.56 Å². The lowest BCUT2D eigenvalue weighted by Crippen LogP contribution is -2.40. The summed E-state index contributed by atoms with van der Waals surface area (Å²) in [5.41, 5.74) is 3.25. The van der Waals surface area contributed by atoms with Gasteiger partial charge in [-0.05, 0) is 49.3 Å². The second kappa shape index (κ2) is 7.73. The largest absolute Gasteiger partial charge is 0.355 e. The summed E-state index contributed by atoms with van der Waals surface area (Å²) in [6, 6.07) is 16.0. The van der Waals surface area contributed by atoms with Gasteiger partial charge in [0.15, 0.2) is 0 Å². The molecule has 136 valence electrons. The Morgan fingerprint density at radius 2 is 1.73 bits per heavy atom. The van der Waals surface area contributed by atoms with Crippen molar-refractivity contribution in [3.8, 4) is 0 Å². The number of carbonyl (C=O) groups is 2. The molecule has 1 aliphatic rings. The third-order valence-electron chi connectivity index (χ3n) is 5.14. The normalized spacial score (nSPS) is 14.5. The molecular formula is C22H26N2O2. The number of para-hydroxylation sites is 1. The van der Waals surface area contributed by atoms with Gasteiger partial charge in [0.2, 0.25) is 11.8 Å². The van der Waals surface area contributed by atoms with Crippen molar-refractivity contribution in [2.24, 2.45) is 5.41 Å². The van der Waals surface area contributed by atoms with E-state index < -0.39 is 5.41 Å². The summed E-state index contributed by atoms with van der Waals surface area (Å²) in [5.74, 6) is -0.337. The second-order valence-corrected chi connectivity index (χ2v) is 6.99. The van der Waals surface area contributed by atoms with E-state index >= 15 is 0 Å². The van der Waals surface area contributed by atoms with Crippen LogP contribution < -0.4 is 10.6 Å². The SMILES string of the molecule is CCc1cccc(C)c1NC(=O)C1(C(=O)NCCc2ccccc2)CC1. The van der Waals surface area contributed by atoms with Crippen molar-refractivity contribution in [3.05, 3.63) is 65.2 Å². The monoisotopic (exact) mass is 350 g/mol. The van der Waals surface area contributed by atoms with Gasteiger partial charge < -0.3 is 10.6 Å². The van der Waals surface area contributed by atoms with Gasteiger partial charge >= 0.3 is 0 Å². The number of rotatable bonds is 7. The maximum absolute atomic E-state index is 12.8. The number of amides is 2. The third-order valence-corrected chi connectivity index (χ3v) is 5.14. The highest BCUT2D eigenvalue weighted by Crippen LogP contribution is 2.47. The Morgan fingerprint density at radius 3 is 2.38 bits per heavy atom. The quantitative estimate of drug-likeness (QED) is 0.749. The molecule has 2 aromatic carbocycles. The maximum atomic E-state index is 12.8. The van der Waals surface area contributed by atoms with Gasteiger partial charge in [0.05, 0.1) is 0 Å². The second-order valence-electron chi connectivity index (χ2n) is 6.99. The zero-order valence-electron chi connectivity index (χ0n) is 15.5. The smallest absolute Gasteiger partial charge is 0.240 e. The van der Waals surface area contributed by atoms with E-state index in [0.29, 0.717) is 19.4 Å². The van der Waals surface area contributed by atoms with E-state index in [9.17, 15) is 9.59 Å². The van der Waals surface area contributed by atoms with Gasteiger partial charge in [-0.25, -0.2) is 0 Å². The first-order chi connectivity index (χ1) is 12.6. The van der Waals surface area contributed by atoms with E-state index in [1.54, 1.807) is 0 Å². The Morgan fingerprint density at radius 1 is 1.00 bits per heavy atom. The first kappa shape index (κ1) is 18.2. The minimum atomic E-state index is -0.899. The van der Waals surface area contributed by atoms with Crippen LogP contribution in [-0.4, -0.2) is 18.4 Å². The van der Waals surface area contributed by atoms with Gasteiger partial charge in [0, 0.05) is 12.2 Å². The Hall–Kier alpha value is -2.62. The molecule has 4 heteroatoms. The van der Waals surface area contributed by atoms with Crippen LogP contribution in [0.2, 0.25) is 0 Å². The molecule has 2 aromatic rings. The molecule has 0 spiro atoms. The van der Waals surface area contributed by atoms with Crippen LogP contribution in [0, 0.1) is 12.3 Å². The molecule has 1 saturated carbocycles. The highest BCUT2D eigenvalue weighted by Gasteiger charge is 2.56.